The standard InChI is InChI=1S/C7H14O4/c8-1-5-4-11-7(3-10)6(5)2-9/h5-10H,1-4H2. The average Bonchev–Trinajstić information content (AvgIpc) is 2.45. The summed E-state index contributed by atoms with van der Waals surface area (Å²) in [6.45, 7) is 0.340. The monoisotopic (exact) mass is 162 g/mol. The fraction of sp³-hybridized carbons (Fsp3) is 1.00. The zero-order valence-corrected chi connectivity index (χ0v) is 6.31. The molecule has 0 aromatic carbocycles. The molecule has 1 heterocycles. The average molecular weight is 162 g/mol. The van der Waals surface area contributed by atoms with E-state index >= 15 is 0 Å². The number of aliphatic hydroxyl groups excluding tert-OH is 3. The van der Waals surface area contributed by atoms with Crippen LogP contribution in [0.25, 0.3) is 0 Å². The van der Waals surface area contributed by atoms with Crippen molar-refractivity contribution in [3.8, 4) is 0 Å². The van der Waals surface area contributed by atoms with Crippen molar-refractivity contribution in [1.29, 1.82) is 0 Å². The van der Waals surface area contributed by atoms with E-state index in [4.69, 9.17) is 20.1 Å². The van der Waals surface area contributed by atoms with Crippen LogP contribution in [0.3, 0.4) is 0 Å². The molecule has 1 aliphatic heterocycles. The van der Waals surface area contributed by atoms with Crippen LogP contribution in [0.2, 0.25) is 0 Å². The summed E-state index contributed by atoms with van der Waals surface area (Å²) >= 11 is 0. The first-order valence-corrected chi connectivity index (χ1v) is 3.77. The lowest BCUT2D eigenvalue weighted by Crippen LogP contribution is -2.28. The van der Waals surface area contributed by atoms with Crippen molar-refractivity contribution in [2.24, 2.45) is 11.8 Å². The number of aliphatic hydroxyl groups is 3. The maximum atomic E-state index is 8.87. The predicted molar refractivity (Wildman–Crippen MR) is 38.0 cm³/mol. The number of rotatable bonds is 3. The van der Waals surface area contributed by atoms with Gasteiger partial charge in [0.05, 0.1) is 19.3 Å². The van der Waals surface area contributed by atoms with Crippen LogP contribution < -0.4 is 0 Å². The molecule has 0 spiro atoms. The molecule has 0 aromatic rings. The minimum absolute atomic E-state index is 0.0156. The van der Waals surface area contributed by atoms with Crippen molar-refractivity contribution in [1.82, 2.24) is 0 Å². The summed E-state index contributed by atoms with van der Waals surface area (Å²) in [6.07, 6.45) is -0.294. The molecule has 1 rings (SSSR count). The maximum absolute atomic E-state index is 8.87. The summed E-state index contributed by atoms with van der Waals surface area (Å²) in [5, 5.41) is 26.4. The van der Waals surface area contributed by atoms with E-state index in [0.717, 1.165) is 0 Å². The van der Waals surface area contributed by atoms with Gasteiger partial charge in [-0.05, 0) is 0 Å². The third-order valence-electron chi connectivity index (χ3n) is 2.23. The van der Waals surface area contributed by atoms with Crippen LogP contribution in [0, 0.1) is 11.8 Å². The number of ether oxygens (including phenoxy) is 1. The maximum Gasteiger partial charge on any atom is 0.0860 e. The third kappa shape index (κ3) is 1.70. The Morgan fingerprint density at radius 2 is 1.82 bits per heavy atom. The van der Waals surface area contributed by atoms with Crippen LogP contribution in [0.5, 0.6) is 0 Å². The van der Waals surface area contributed by atoms with Crippen molar-refractivity contribution >= 4 is 0 Å². The van der Waals surface area contributed by atoms with Gasteiger partial charge < -0.3 is 20.1 Å². The van der Waals surface area contributed by atoms with E-state index in [9.17, 15) is 0 Å². The Balaban J connectivity index is 2.48. The van der Waals surface area contributed by atoms with Crippen LogP contribution in [0.1, 0.15) is 0 Å². The van der Waals surface area contributed by atoms with Crippen LogP contribution in [-0.2, 0) is 4.74 Å². The Morgan fingerprint density at radius 3 is 2.27 bits per heavy atom. The molecule has 3 unspecified atom stereocenters. The summed E-state index contributed by atoms with van der Waals surface area (Å²) in [7, 11) is 0. The second-order valence-electron chi connectivity index (χ2n) is 2.84. The lowest BCUT2D eigenvalue weighted by molar-refractivity contribution is 0.0266. The third-order valence-corrected chi connectivity index (χ3v) is 2.23. The van der Waals surface area contributed by atoms with Gasteiger partial charge in [-0.1, -0.05) is 0 Å². The first kappa shape index (κ1) is 8.93. The lowest BCUT2D eigenvalue weighted by Gasteiger charge is -2.16. The highest BCUT2D eigenvalue weighted by Crippen LogP contribution is 2.25. The zero-order valence-electron chi connectivity index (χ0n) is 6.31. The molecule has 0 amide bonds. The van der Waals surface area contributed by atoms with E-state index < -0.39 is 0 Å². The molecule has 3 atom stereocenters. The SMILES string of the molecule is OCC1COC(CO)C1CO. The molecule has 66 valence electrons. The van der Waals surface area contributed by atoms with Gasteiger partial charge >= 0.3 is 0 Å². The van der Waals surface area contributed by atoms with E-state index in [1.54, 1.807) is 0 Å². The highest BCUT2D eigenvalue weighted by Gasteiger charge is 2.35. The molecule has 3 N–H and O–H groups in total. The Hall–Kier alpha value is -0.160. The summed E-state index contributed by atoms with van der Waals surface area (Å²) in [4.78, 5) is 0. The quantitative estimate of drug-likeness (QED) is 0.477. The first-order chi connectivity index (χ1) is 5.33. The largest absolute Gasteiger partial charge is 0.396 e. The molecule has 11 heavy (non-hydrogen) atoms. The van der Waals surface area contributed by atoms with E-state index in [1.165, 1.54) is 0 Å². The van der Waals surface area contributed by atoms with Crippen LogP contribution >= 0.6 is 0 Å². The van der Waals surface area contributed by atoms with E-state index in [1.807, 2.05) is 0 Å². The summed E-state index contributed by atoms with van der Waals surface area (Å²) in [5.41, 5.74) is 0. The second kappa shape index (κ2) is 4.01. The van der Waals surface area contributed by atoms with Gasteiger partial charge in [-0.15, -0.1) is 0 Å². The van der Waals surface area contributed by atoms with Crippen molar-refractivity contribution in [2.75, 3.05) is 26.4 Å². The van der Waals surface area contributed by atoms with Gasteiger partial charge in [0.15, 0.2) is 0 Å². The molecule has 0 bridgehead atoms. The molecule has 0 saturated carbocycles. The van der Waals surface area contributed by atoms with Gasteiger partial charge in [-0.25, -0.2) is 0 Å². The van der Waals surface area contributed by atoms with E-state index in [2.05, 4.69) is 0 Å². The van der Waals surface area contributed by atoms with Crippen molar-refractivity contribution < 1.29 is 20.1 Å². The molecule has 1 aliphatic rings. The fourth-order valence-electron chi connectivity index (χ4n) is 1.44. The van der Waals surface area contributed by atoms with Gasteiger partial charge in [-0.3, -0.25) is 0 Å². The van der Waals surface area contributed by atoms with Crippen molar-refractivity contribution in [3.63, 3.8) is 0 Å². The molecular formula is C7H14O4. The van der Waals surface area contributed by atoms with Crippen LogP contribution in [0.15, 0.2) is 0 Å². The summed E-state index contributed by atoms with van der Waals surface area (Å²) in [6, 6.07) is 0. The van der Waals surface area contributed by atoms with Crippen molar-refractivity contribution in [2.45, 2.75) is 6.10 Å². The fourth-order valence-corrected chi connectivity index (χ4v) is 1.44. The Bertz CT molecular complexity index is 105. The predicted octanol–water partition coefficient (Wildman–Crippen LogP) is -1.41. The minimum Gasteiger partial charge on any atom is -0.396 e. The van der Waals surface area contributed by atoms with Gasteiger partial charge in [-0.2, -0.15) is 0 Å². The zero-order chi connectivity index (χ0) is 8.27. The molecular weight excluding hydrogens is 148 g/mol. The second-order valence-corrected chi connectivity index (χ2v) is 2.84. The smallest absolute Gasteiger partial charge is 0.0860 e. The Kier molecular flexibility index (Phi) is 3.26. The molecule has 4 nitrogen and oxygen atoms in total. The van der Waals surface area contributed by atoms with Gasteiger partial charge in [0.1, 0.15) is 0 Å². The molecule has 0 radical (unpaired) electrons. The molecule has 1 fully saturated rings. The topological polar surface area (TPSA) is 69.9 Å². The van der Waals surface area contributed by atoms with Gasteiger partial charge in [0.2, 0.25) is 0 Å². The van der Waals surface area contributed by atoms with Crippen LogP contribution in [0.4, 0.5) is 0 Å². The summed E-state index contributed by atoms with van der Waals surface area (Å²) < 4.78 is 5.14. The highest BCUT2D eigenvalue weighted by atomic mass is 16.5. The Labute approximate surface area is 65.4 Å². The summed E-state index contributed by atoms with van der Waals surface area (Å²) in [5.74, 6) is -0.123. The highest BCUT2D eigenvalue weighted by molar-refractivity contribution is 4.82. The molecule has 4 heteroatoms. The van der Waals surface area contributed by atoms with Gasteiger partial charge in [0, 0.05) is 25.0 Å². The first-order valence-electron chi connectivity index (χ1n) is 3.77. The molecule has 0 aromatic heterocycles. The van der Waals surface area contributed by atoms with Crippen LogP contribution in [-0.4, -0.2) is 47.9 Å². The van der Waals surface area contributed by atoms with Crippen molar-refractivity contribution in [3.05, 3.63) is 0 Å². The lowest BCUT2D eigenvalue weighted by atomic mass is 9.93. The van der Waals surface area contributed by atoms with E-state index in [0.29, 0.717) is 6.61 Å². The number of hydrogen-bond acceptors (Lipinski definition) is 4. The molecule has 0 aliphatic carbocycles. The van der Waals surface area contributed by atoms with Gasteiger partial charge in [0.25, 0.3) is 0 Å². The number of hydrogen-bond donors (Lipinski definition) is 3. The molecule has 1 saturated heterocycles. The normalized spacial score (nSPS) is 37.9. The Morgan fingerprint density at radius 1 is 1.09 bits per heavy atom. The van der Waals surface area contributed by atoms with E-state index in [-0.39, 0.29) is 37.8 Å². The minimum atomic E-state index is -0.294.